The predicted molar refractivity (Wildman–Crippen MR) is 147 cm³/mol. The Balaban J connectivity index is 1.47. The lowest BCUT2D eigenvalue weighted by Crippen LogP contribution is -2.72. The van der Waals surface area contributed by atoms with Gasteiger partial charge >= 0.3 is 5.97 Å². The smallest absolute Gasteiger partial charge is 0.327 e. The summed E-state index contributed by atoms with van der Waals surface area (Å²) in [6.45, 7) is 6.35. The fraction of sp³-hybridized carbons (Fsp3) is 0.500. The number of fused-ring (bicyclic) bond motifs is 1. The third-order valence-electron chi connectivity index (χ3n) is 8.33. The quantitative estimate of drug-likeness (QED) is 0.462. The number of β-lactam (4-membered cyclic amide) rings is 1. The standard InChI is InChI=1S/C30H36N2O5S/c1-4-16-37-22-14-8-12-21(18-22)30(15-9-13-20(30)17-19-10-6-5-7-11-19)28(36)31-23-25(33)32-24(27(34)35)29(2,3)38-26(23)32/h5-8,10-12,14,18,20,23-24,26H,4,9,13,15-17H2,1-3H3,(H,31,36)(H,34,35). The average molecular weight is 537 g/mol. The first-order valence-corrected chi connectivity index (χ1v) is 14.4. The zero-order valence-electron chi connectivity index (χ0n) is 22.2. The molecule has 2 aromatic carbocycles. The molecule has 5 unspecified atom stereocenters. The van der Waals surface area contributed by atoms with Crippen molar-refractivity contribution < 1.29 is 24.2 Å². The molecule has 2 heterocycles. The lowest BCUT2D eigenvalue weighted by molar-refractivity contribution is -0.161. The molecule has 0 spiro atoms. The van der Waals surface area contributed by atoms with Crippen LogP contribution in [0.3, 0.4) is 0 Å². The van der Waals surface area contributed by atoms with E-state index in [1.54, 1.807) is 0 Å². The number of benzene rings is 2. The highest BCUT2D eigenvalue weighted by Gasteiger charge is 2.65. The van der Waals surface area contributed by atoms with E-state index in [0.717, 1.165) is 37.0 Å². The maximum Gasteiger partial charge on any atom is 0.327 e. The Morgan fingerprint density at radius 2 is 1.92 bits per heavy atom. The van der Waals surface area contributed by atoms with Gasteiger partial charge in [-0.2, -0.15) is 0 Å². The first kappa shape index (κ1) is 26.6. The van der Waals surface area contributed by atoms with Crippen molar-refractivity contribution in [2.75, 3.05) is 6.61 Å². The van der Waals surface area contributed by atoms with Crippen LogP contribution in [0.25, 0.3) is 0 Å². The van der Waals surface area contributed by atoms with Crippen molar-refractivity contribution >= 4 is 29.5 Å². The number of amides is 2. The van der Waals surface area contributed by atoms with Crippen LogP contribution >= 0.6 is 11.8 Å². The highest BCUT2D eigenvalue weighted by Crippen LogP contribution is 2.52. The topological polar surface area (TPSA) is 95.9 Å². The van der Waals surface area contributed by atoms with Crippen molar-refractivity contribution in [1.29, 1.82) is 0 Å². The molecule has 38 heavy (non-hydrogen) atoms. The Morgan fingerprint density at radius 1 is 1.16 bits per heavy atom. The van der Waals surface area contributed by atoms with Gasteiger partial charge in [-0.15, -0.1) is 11.8 Å². The minimum atomic E-state index is -1.01. The maximum absolute atomic E-state index is 14.4. The monoisotopic (exact) mass is 536 g/mol. The number of aliphatic carboxylic acids is 1. The molecule has 5 rings (SSSR count). The molecule has 0 bridgehead atoms. The third-order valence-corrected chi connectivity index (χ3v) is 9.91. The molecule has 0 aromatic heterocycles. The van der Waals surface area contributed by atoms with Gasteiger partial charge in [0.25, 0.3) is 0 Å². The van der Waals surface area contributed by atoms with E-state index in [1.807, 2.05) is 56.3 Å². The maximum atomic E-state index is 14.4. The van der Waals surface area contributed by atoms with Crippen molar-refractivity contribution in [3.63, 3.8) is 0 Å². The van der Waals surface area contributed by atoms with Crippen LogP contribution in [0.15, 0.2) is 54.6 Å². The molecule has 2 amide bonds. The van der Waals surface area contributed by atoms with E-state index < -0.39 is 28.2 Å². The van der Waals surface area contributed by atoms with Gasteiger partial charge < -0.3 is 20.1 Å². The number of carbonyl (C=O) groups is 3. The van der Waals surface area contributed by atoms with Gasteiger partial charge in [-0.3, -0.25) is 9.59 Å². The molecular formula is C30H36N2O5S. The minimum absolute atomic E-state index is 0.0528. The van der Waals surface area contributed by atoms with Gasteiger partial charge in [-0.05, 0) is 68.7 Å². The molecule has 1 saturated carbocycles. The predicted octanol–water partition coefficient (Wildman–Crippen LogP) is 4.39. The summed E-state index contributed by atoms with van der Waals surface area (Å²) >= 11 is 1.45. The fourth-order valence-electron chi connectivity index (χ4n) is 6.56. The zero-order valence-corrected chi connectivity index (χ0v) is 23.0. The van der Waals surface area contributed by atoms with Crippen LogP contribution in [0, 0.1) is 5.92 Å². The Labute approximate surface area is 228 Å². The average Bonchev–Trinajstić information content (AvgIpc) is 3.43. The van der Waals surface area contributed by atoms with Gasteiger partial charge in [-0.25, -0.2) is 4.79 Å². The summed E-state index contributed by atoms with van der Waals surface area (Å²) in [4.78, 5) is 40.9. The summed E-state index contributed by atoms with van der Waals surface area (Å²) in [7, 11) is 0. The molecular weight excluding hydrogens is 500 g/mol. The summed E-state index contributed by atoms with van der Waals surface area (Å²) in [6, 6.07) is 16.4. The van der Waals surface area contributed by atoms with Crippen molar-refractivity contribution in [2.45, 2.75) is 80.5 Å². The van der Waals surface area contributed by atoms with Gasteiger partial charge in [0.05, 0.1) is 12.0 Å². The number of hydrogen-bond donors (Lipinski definition) is 2. The third kappa shape index (κ3) is 4.46. The lowest BCUT2D eigenvalue weighted by Gasteiger charge is -2.45. The second-order valence-electron chi connectivity index (χ2n) is 11.2. The van der Waals surface area contributed by atoms with Gasteiger partial charge in [0.1, 0.15) is 23.2 Å². The van der Waals surface area contributed by atoms with Crippen molar-refractivity contribution in [3.05, 3.63) is 65.7 Å². The Hall–Kier alpha value is -3.00. The van der Waals surface area contributed by atoms with E-state index in [2.05, 4.69) is 24.4 Å². The second kappa shape index (κ2) is 10.3. The molecule has 2 N–H and O–H groups in total. The number of thioether (sulfide) groups is 1. The Bertz CT molecular complexity index is 1220. The van der Waals surface area contributed by atoms with Crippen LogP contribution in [-0.2, 0) is 26.2 Å². The summed E-state index contributed by atoms with van der Waals surface area (Å²) in [5.74, 6) is -0.690. The molecule has 7 nitrogen and oxygen atoms in total. The van der Waals surface area contributed by atoms with Gasteiger partial charge in [-0.1, -0.05) is 55.8 Å². The molecule has 1 aliphatic carbocycles. The molecule has 3 fully saturated rings. The number of hydrogen-bond acceptors (Lipinski definition) is 5. The zero-order chi connectivity index (χ0) is 27.1. The van der Waals surface area contributed by atoms with Crippen LogP contribution < -0.4 is 10.1 Å². The lowest BCUT2D eigenvalue weighted by atomic mass is 9.69. The van der Waals surface area contributed by atoms with E-state index in [0.29, 0.717) is 13.0 Å². The van der Waals surface area contributed by atoms with E-state index in [1.165, 1.54) is 22.2 Å². The summed E-state index contributed by atoms with van der Waals surface area (Å²) < 4.78 is 5.29. The van der Waals surface area contributed by atoms with E-state index in [4.69, 9.17) is 4.74 Å². The number of rotatable bonds is 9. The van der Waals surface area contributed by atoms with Crippen LogP contribution in [0.1, 0.15) is 57.6 Å². The molecule has 2 aromatic rings. The number of nitrogens with zero attached hydrogens (tertiary/aromatic N) is 1. The van der Waals surface area contributed by atoms with E-state index >= 15 is 0 Å². The molecule has 202 valence electrons. The molecule has 2 aliphatic heterocycles. The Morgan fingerprint density at radius 3 is 2.63 bits per heavy atom. The number of nitrogens with one attached hydrogen (secondary N) is 1. The van der Waals surface area contributed by atoms with Crippen LogP contribution in [0.2, 0.25) is 0 Å². The number of ether oxygens (including phenoxy) is 1. The molecule has 8 heteroatoms. The van der Waals surface area contributed by atoms with Gasteiger partial charge in [0.15, 0.2) is 0 Å². The van der Waals surface area contributed by atoms with Crippen LogP contribution in [0.4, 0.5) is 0 Å². The fourth-order valence-corrected chi connectivity index (χ4v) is 8.19. The highest BCUT2D eigenvalue weighted by molar-refractivity contribution is 8.01. The SMILES string of the molecule is CCCOc1cccc(C2(C(=O)NC3C(=O)N4C3SC(C)(C)C4C(=O)O)CCCC2Cc2ccccc2)c1. The molecule has 2 saturated heterocycles. The molecule has 0 radical (unpaired) electrons. The number of carboxylic acid groups (broad SMARTS) is 1. The van der Waals surface area contributed by atoms with Crippen LogP contribution in [0.5, 0.6) is 5.75 Å². The molecule has 5 atom stereocenters. The van der Waals surface area contributed by atoms with E-state index in [-0.39, 0.29) is 23.1 Å². The van der Waals surface area contributed by atoms with Crippen LogP contribution in [-0.4, -0.2) is 56.6 Å². The largest absolute Gasteiger partial charge is 0.494 e. The summed E-state index contributed by atoms with van der Waals surface area (Å²) in [5.41, 5.74) is 1.28. The number of carboxylic acids is 1. The Kier molecular flexibility index (Phi) is 7.20. The number of carbonyl (C=O) groups excluding carboxylic acids is 2. The first-order chi connectivity index (χ1) is 18.2. The minimum Gasteiger partial charge on any atom is -0.494 e. The van der Waals surface area contributed by atoms with Gasteiger partial charge in [0, 0.05) is 4.75 Å². The van der Waals surface area contributed by atoms with Crippen molar-refractivity contribution in [1.82, 2.24) is 10.2 Å². The summed E-state index contributed by atoms with van der Waals surface area (Å²) in [6.07, 6.45) is 4.13. The van der Waals surface area contributed by atoms with Crippen molar-refractivity contribution in [3.8, 4) is 5.75 Å². The van der Waals surface area contributed by atoms with Crippen molar-refractivity contribution in [2.24, 2.45) is 5.92 Å². The highest BCUT2D eigenvalue weighted by atomic mass is 32.2. The first-order valence-electron chi connectivity index (χ1n) is 13.5. The molecule has 3 aliphatic rings. The van der Waals surface area contributed by atoms with Gasteiger partial charge in [0.2, 0.25) is 11.8 Å². The normalized spacial score (nSPS) is 29.4. The summed E-state index contributed by atoms with van der Waals surface area (Å²) in [5, 5.41) is 12.5. The van der Waals surface area contributed by atoms with E-state index in [9.17, 15) is 19.5 Å². The second-order valence-corrected chi connectivity index (χ2v) is 12.9.